The highest BCUT2D eigenvalue weighted by Gasteiger charge is 2.19. The van der Waals surface area contributed by atoms with E-state index >= 15 is 0 Å². The van der Waals surface area contributed by atoms with Crippen LogP contribution >= 0.6 is 15.9 Å². The number of benzene rings is 2. The Morgan fingerprint density at radius 1 is 1.17 bits per heavy atom. The van der Waals surface area contributed by atoms with Crippen molar-refractivity contribution < 1.29 is 17.9 Å². The molecule has 128 valence electrons. The van der Waals surface area contributed by atoms with Gasteiger partial charge in [0.25, 0.3) is 5.91 Å². The minimum Gasteiger partial charge on any atom is -0.495 e. The number of nitrogens with one attached hydrogen (secondary N) is 1. The van der Waals surface area contributed by atoms with Crippen molar-refractivity contribution in [2.75, 3.05) is 12.4 Å². The number of sulfonamides is 1. The second-order valence-electron chi connectivity index (χ2n) is 5.28. The molecule has 3 N–H and O–H groups in total. The molecule has 2 aromatic rings. The van der Waals surface area contributed by atoms with Crippen LogP contribution in [0.1, 0.15) is 21.5 Å². The molecule has 0 spiro atoms. The van der Waals surface area contributed by atoms with Gasteiger partial charge in [-0.3, -0.25) is 4.79 Å². The van der Waals surface area contributed by atoms with Crippen LogP contribution in [0.25, 0.3) is 0 Å². The monoisotopic (exact) mass is 412 g/mol. The fraction of sp³-hybridized carbons (Fsp3) is 0.188. The number of hydrogen-bond acceptors (Lipinski definition) is 4. The molecule has 24 heavy (non-hydrogen) atoms. The molecular formula is C16H17BrN2O4S. The Morgan fingerprint density at radius 2 is 1.75 bits per heavy atom. The summed E-state index contributed by atoms with van der Waals surface area (Å²) in [4.78, 5) is 12.2. The quantitative estimate of drug-likeness (QED) is 0.805. The van der Waals surface area contributed by atoms with E-state index in [9.17, 15) is 13.2 Å². The number of amides is 1. The molecule has 0 aromatic heterocycles. The van der Waals surface area contributed by atoms with Crippen LogP contribution in [-0.2, 0) is 10.0 Å². The Balaban J connectivity index is 2.41. The van der Waals surface area contributed by atoms with Gasteiger partial charge in [-0.1, -0.05) is 15.9 Å². The van der Waals surface area contributed by atoms with Gasteiger partial charge in [-0.2, -0.15) is 0 Å². The van der Waals surface area contributed by atoms with Crippen molar-refractivity contribution in [2.45, 2.75) is 18.7 Å². The van der Waals surface area contributed by atoms with Crippen LogP contribution in [0.3, 0.4) is 0 Å². The second kappa shape index (κ2) is 6.92. The van der Waals surface area contributed by atoms with Crippen LogP contribution in [0, 0.1) is 13.8 Å². The van der Waals surface area contributed by atoms with Gasteiger partial charge in [-0.05, 0) is 55.3 Å². The molecule has 2 aromatic carbocycles. The van der Waals surface area contributed by atoms with E-state index in [0.29, 0.717) is 5.69 Å². The number of ether oxygens (including phenoxy) is 1. The van der Waals surface area contributed by atoms with Crippen molar-refractivity contribution >= 4 is 37.5 Å². The van der Waals surface area contributed by atoms with Crippen molar-refractivity contribution in [1.29, 1.82) is 0 Å². The maximum atomic E-state index is 12.5. The van der Waals surface area contributed by atoms with Gasteiger partial charge in [0, 0.05) is 15.7 Å². The van der Waals surface area contributed by atoms with E-state index in [0.717, 1.165) is 15.6 Å². The van der Waals surface area contributed by atoms with Crippen LogP contribution in [0.2, 0.25) is 0 Å². The molecule has 6 nitrogen and oxygen atoms in total. The molecule has 0 aliphatic heterocycles. The van der Waals surface area contributed by atoms with Crippen LogP contribution in [-0.4, -0.2) is 21.4 Å². The molecule has 0 saturated heterocycles. The zero-order chi connectivity index (χ0) is 18.1. The lowest BCUT2D eigenvalue weighted by Gasteiger charge is -2.13. The highest BCUT2D eigenvalue weighted by molar-refractivity contribution is 9.10. The third-order valence-corrected chi connectivity index (χ3v) is 4.86. The molecule has 0 aliphatic rings. The molecule has 0 radical (unpaired) electrons. The molecule has 0 saturated carbocycles. The number of carbonyl (C=O) groups is 1. The summed E-state index contributed by atoms with van der Waals surface area (Å²) in [7, 11) is -2.68. The maximum absolute atomic E-state index is 12.5. The summed E-state index contributed by atoms with van der Waals surface area (Å²) in [5.74, 6) is -0.346. The number of aryl methyl sites for hydroxylation is 2. The van der Waals surface area contributed by atoms with Crippen molar-refractivity contribution in [2.24, 2.45) is 5.14 Å². The van der Waals surface area contributed by atoms with Crippen molar-refractivity contribution in [3.05, 3.63) is 51.5 Å². The molecule has 0 unspecified atom stereocenters. The lowest BCUT2D eigenvalue weighted by atomic mass is 10.1. The van der Waals surface area contributed by atoms with Gasteiger partial charge in [0.1, 0.15) is 10.6 Å². The lowest BCUT2D eigenvalue weighted by Crippen LogP contribution is -2.17. The van der Waals surface area contributed by atoms with E-state index in [1.807, 2.05) is 26.0 Å². The number of carbonyl (C=O) groups excluding carboxylic acids is 1. The molecule has 0 atom stereocenters. The first kappa shape index (κ1) is 18.4. The van der Waals surface area contributed by atoms with Gasteiger partial charge >= 0.3 is 0 Å². The fourth-order valence-corrected chi connectivity index (χ4v) is 3.74. The number of primary sulfonamides is 1. The molecule has 8 heteroatoms. The predicted octanol–water partition coefficient (Wildman–Crippen LogP) is 2.97. The topological polar surface area (TPSA) is 98.5 Å². The summed E-state index contributed by atoms with van der Waals surface area (Å²) in [5.41, 5.74) is 2.61. The minimum absolute atomic E-state index is 0.0880. The molecule has 2 rings (SSSR count). The van der Waals surface area contributed by atoms with Crippen molar-refractivity contribution in [1.82, 2.24) is 0 Å². The van der Waals surface area contributed by atoms with Gasteiger partial charge in [-0.25, -0.2) is 13.6 Å². The number of methoxy groups -OCH3 is 1. The average molecular weight is 413 g/mol. The van der Waals surface area contributed by atoms with Crippen molar-refractivity contribution in [3.8, 4) is 5.75 Å². The average Bonchev–Trinajstić information content (AvgIpc) is 2.49. The Kier molecular flexibility index (Phi) is 5.32. The zero-order valence-corrected chi connectivity index (χ0v) is 15.8. The Hall–Kier alpha value is -1.90. The standard InChI is InChI=1S/C16H17BrN2O4S/c1-9-6-12(17)7-10(2)15(9)19-16(20)11-4-5-13(23-3)14(8-11)24(18,21)22/h4-8H,1-3H3,(H,19,20)(H2,18,21,22). The van der Waals surface area contributed by atoms with E-state index in [1.165, 1.54) is 25.3 Å². The lowest BCUT2D eigenvalue weighted by molar-refractivity contribution is 0.102. The first-order valence-electron chi connectivity index (χ1n) is 6.92. The zero-order valence-electron chi connectivity index (χ0n) is 13.4. The maximum Gasteiger partial charge on any atom is 0.255 e. The molecule has 0 fully saturated rings. The number of anilines is 1. The van der Waals surface area contributed by atoms with Crippen LogP contribution in [0.15, 0.2) is 39.7 Å². The number of rotatable bonds is 4. The first-order chi connectivity index (χ1) is 11.1. The Bertz CT molecular complexity index is 887. The highest BCUT2D eigenvalue weighted by Crippen LogP contribution is 2.27. The van der Waals surface area contributed by atoms with Gasteiger partial charge in [0.15, 0.2) is 0 Å². The Morgan fingerprint density at radius 3 is 2.25 bits per heavy atom. The number of hydrogen-bond donors (Lipinski definition) is 2. The summed E-state index contributed by atoms with van der Waals surface area (Å²) in [6.07, 6.45) is 0. The van der Waals surface area contributed by atoms with E-state index in [-0.39, 0.29) is 16.2 Å². The summed E-state index contributed by atoms with van der Waals surface area (Å²) >= 11 is 3.40. The van der Waals surface area contributed by atoms with Crippen LogP contribution in [0.5, 0.6) is 5.75 Å². The van der Waals surface area contributed by atoms with Gasteiger partial charge in [-0.15, -0.1) is 0 Å². The first-order valence-corrected chi connectivity index (χ1v) is 9.26. The third kappa shape index (κ3) is 3.95. The van der Waals surface area contributed by atoms with Gasteiger partial charge in [0.2, 0.25) is 10.0 Å². The van der Waals surface area contributed by atoms with E-state index in [1.54, 1.807) is 0 Å². The summed E-state index contributed by atoms with van der Waals surface area (Å²) in [6.45, 7) is 3.74. The minimum atomic E-state index is -4.01. The number of nitrogens with two attached hydrogens (primary N) is 1. The van der Waals surface area contributed by atoms with Gasteiger partial charge in [0.05, 0.1) is 7.11 Å². The fourth-order valence-electron chi connectivity index (χ4n) is 2.33. The summed E-state index contributed by atoms with van der Waals surface area (Å²) in [5, 5.41) is 7.98. The highest BCUT2D eigenvalue weighted by atomic mass is 79.9. The van der Waals surface area contributed by atoms with E-state index < -0.39 is 15.9 Å². The molecular weight excluding hydrogens is 396 g/mol. The SMILES string of the molecule is COc1ccc(C(=O)Nc2c(C)cc(Br)cc2C)cc1S(N)(=O)=O. The van der Waals surface area contributed by atoms with Gasteiger partial charge < -0.3 is 10.1 Å². The van der Waals surface area contributed by atoms with E-state index in [4.69, 9.17) is 9.88 Å². The molecule has 0 heterocycles. The normalized spacial score (nSPS) is 11.2. The van der Waals surface area contributed by atoms with Crippen LogP contribution < -0.4 is 15.2 Å². The third-order valence-electron chi connectivity index (χ3n) is 3.47. The predicted molar refractivity (Wildman–Crippen MR) is 95.9 cm³/mol. The largest absolute Gasteiger partial charge is 0.495 e. The second-order valence-corrected chi connectivity index (χ2v) is 7.72. The van der Waals surface area contributed by atoms with Crippen LogP contribution in [0.4, 0.5) is 5.69 Å². The molecule has 0 bridgehead atoms. The van der Waals surface area contributed by atoms with Crippen molar-refractivity contribution in [3.63, 3.8) is 0 Å². The number of halogens is 1. The smallest absolute Gasteiger partial charge is 0.255 e. The molecule has 0 aliphatic carbocycles. The summed E-state index contributed by atoms with van der Waals surface area (Å²) in [6, 6.07) is 7.84. The van der Waals surface area contributed by atoms with E-state index in [2.05, 4.69) is 21.2 Å². The summed E-state index contributed by atoms with van der Waals surface area (Å²) < 4.78 is 29.2. The molecule has 1 amide bonds. The Labute approximate surface area is 149 Å².